The molecule has 0 aliphatic rings. The van der Waals surface area contributed by atoms with Crippen LogP contribution in [0, 0.1) is 5.92 Å². The Morgan fingerprint density at radius 3 is 2.52 bits per heavy atom. The summed E-state index contributed by atoms with van der Waals surface area (Å²) in [7, 11) is 0. The Balaban J connectivity index is 2.18. The van der Waals surface area contributed by atoms with E-state index in [-0.39, 0.29) is 5.78 Å². The molecule has 0 saturated heterocycles. The van der Waals surface area contributed by atoms with Crippen molar-refractivity contribution < 1.29 is 9.32 Å². The second kappa shape index (κ2) is 6.20. The number of hydrogen-bond acceptors (Lipinski definition) is 4. The summed E-state index contributed by atoms with van der Waals surface area (Å²) in [5, 5.41) is 3.99. The summed E-state index contributed by atoms with van der Waals surface area (Å²) in [6, 6.07) is 9.61. The molecule has 0 spiro atoms. The van der Waals surface area contributed by atoms with E-state index in [1.165, 1.54) is 0 Å². The van der Waals surface area contributed by atoms with E-state index < -0.39 is 5.41 Å². The van der Waals surface area contributed by atoms with E-state index in [0.717, 1.165) is 12.0 Å². The molecule has 1 aromatic heterocycles. The van der Waals surface area contributed by atoms with E-state index in [0.29, 0.717) is 24.1 Å². The van der Waals surface area contributed by atoms with Gasteiger partial charge in [-0.25, -0.2) is 0 Å². The van der Waals surface area contributed by atoms with Gasteiger partial charge in [-0.2, -0.15) is 4.98 Å². The molecule has 21 heavy (non-hydrogen) atoms. The lowest BCUT2D eigenvalue weighted by atomic mass is 9.84. The summed E-state index contributed by atoms with van der Waals surface area (Å²) >= 11 is 0. The van der Waals surface area contributed by atoms with Crippen LogP contribution in [-0.4, -0.2) is 15.9 Å². The molecule has 0 unspecified atom stereocenters. The maximum Gasteiger partial charge on any atom is 0.240 e. The Morgan fingerprint density at radius 2 is 1.90 bits per heavy atom. The SMILES string of the molecule is CC(C)CCC(=O)C(C)(C)c1nc(-c2ccccc2)no1. The van der Waals surface area contributed by atoms with Crippen molar-refractivity contribution in [2.45, 2.75) is 46.0 Å². The van der Waals surface area contributed by atoms with Crippen LogP contribution in [-0.2, 0) is 10.2 Å². The van der Waals surface area contributed by atoms with Gasteiger partial charge in [0, 0.05) is 12.0 Å². The van der Waals surface area contributed by atoms with Crippen LogP contribution in [0.25, 0.3) is 11.4 Å². The molecular weight excluding hydrogens is 264 g/mol. The molecule has 0 radical (unpaired) electrons. The third-order valence-corrected chi connectivity index (χ3v) is 3.64. The van der Waals surface area contributed by atoms with Crippen molar-refractivity contribution >= 4 is 5.78 Å². The molecule has 0 N–H and O–H groups in total. The molecule has 112 valence electrons. The van der Waals surface area contributed by atoms with Crippen LogP contribution in [0.1, 0.15) is 46.4 Å². The number of ketones is 1. The van der Waals surface area contributed by atoms with Gasteiger partial charge in [-0.1, -0.05) is 49.3 Å². The fourth-order valence-electron chi connectivity index (χ4n) is 2.03. The highest BCUT2D eigenvalue weighted by atomic mass is 16.5. The monoisotopic (exact) mass is 286 g/mol. The second-order valence-electron chi connectivity index (χ2n) is 6.27. The van der Waals surface area contributed by atoms with Crippen molar-refractivity contribution in [3.8, 4) is 11.4 Å². The standard InChI is InChI=1S/C17H22N2O2/c1-12(2)10-11-14(20)17(3,4)16-18-15(19-21-16)13-8-6-5-7-9-13/h5-9,12H,10-11H2,1-4H3. The lowest BCUT2D eigenvalue weighted by molar-refractivity contribution is -0.124. The van der Waals surface area contributed by atoms with Crippen LogP contribution in [0.4, 0.5) is 0 Å². The minimum Gasteiger partial charge on any atom is -0.338 e. The molecule has 4 nitrogen and oxygen atoms in total. The minimum absolute atomic E-state index is 0.138. The van der Waals surface area contributed by atoms with Crippen LogP contribution in [0.2, 0.25) is 0 Å². The number of carbonyl (C=O) groups is 1. The molecule has 0 atom stereocenters. The topological polar surface area (TPSA) is 56.0 Å². The Kier molecular flexibility index (Phi) is 4.56. The van der Waals surface area contributed by atoms with E-state index in [2.05, 4.69) is 24.0 Å². The van der Waals surface area contributed by atoms with Crippen LogP contribution >= 0.6 is 0 Å². The van der Waals surface area contributed by atoms with Crippen molar-refractivity contribution in [3.63, 3.8) is 0 Å². The van der Waals surface area contributed by atoms with Crippen molar-refractivity contribution in [1.82, 2.24) is 10.1 Å². The summed E-state index contributed by atoms with van der Waals surface area (Å²) in [5.41, 5.74) is 0.146. The second-order valence-corrected chi connectivity index (χ2v) is 6.27. The van der Waals surface area contributed by atoms with Gasteiger partial charge in [0.1, 0.15) is 11.2 Å². The lowest BCUT2D eigenvalue weighted by Gasteiger charge is -2.18. The zero-order valence-corrected chi connectivity index (χ0v) is 13.1. The molecule has 0 bridgehead atoms. The third kappa shape index (κ3) is 3.57. The zero-order valence-electron chi connectivity index (χ0n) is 13.1. The fraction of sp³-hybridized carbons (Fsp3) is 0.471. The van der Waals surface area contributed by atoms with E-state index in [1.54, 1.807) is 0 Å². The van der Waals surface area contributed by atoms with Gasteiger partial charge in [0.2, 0.25) is 11.7 Å². The van der Waals surface area contributed by atoms with E-state index in [1.807, 2.05) is 44.2 Å². The third-order valence-electron chi connectivity index (χ3n) is 3.64. The number of carbonyl (C=O) groups excluding carboxylic acids is 1. The van der Waals surface area contributed by atoms with Gasteiger partial charge in [-0.3, -0.25) is 4.79 Å². The molecule has 2 rings (SSSR count). The quantitative estimate of drug-likeness (QED) is 0.804. The average Bonchev–Trinajstić information content (AvgIpc) is 2.96. The van der Waals surface area contributed by atoms with Gasteiger partial charge >= 0.3 is 0 Å². The molecule has 1 aromatic carbocycles. The first kappa shape index (κ1) is 15.4. The molecule has 1 heterocycles. The molecule has 0 aliphatic carbocycles. The highest BCUT2D eigenvalue weighted by Crippen LogP contribution is 2.27. The first-order valence-electron chi connectivity index (χ1n) is 7.34. The largest absolute Gasteiger partial charge is 0.338 e. The highest BCUT2D eigenvalue weighted by Gasteiger charge is 2.35. The van der Waals surface area contributed by atoms with Gasteiger partial charge in [0.15, 0.2) is 0 Å². The van der Waals surface area contributed by atoms with Gasteiger partial charge in [-0.05, 0) is 26.2 Å². The van der Waals surface area contributed by atoms with Gasteiger partial charge in [-0.15, -0.1) is 0 Å². The maximum atomic E-state index is 12.4. The normalized spacial score (nSPS) is 11.9. The number of nitrogens with zero attached hydrogens (tertiary/aromatic N) is 2. The number of rotatable bonds is 6. The number of benzene rings is 1. The van der Waals surface area contributed by atoms with Gasteiger partial charge in [0.25, 0.3) is 0 Å². The first-order valence-corrected chi connectivity index (χ1v) is 7.34. The van der Waals surface area contributed by atoms with E-state index in [4.69, 9.17) is 4.52 Å². The highest BCUT2D eigenvalue weighted by molar-refractivity contribution is 5.88. The number of hydrogen-bond donors (Lipinski definition) is 0. The molecule has 0 amide bonds. The summed E-state index contributed by atoms with van der Waals surface area (Å²) in [4.78, 5) is 16.8. The summed E-state index contributed by atoms with van der Waals surface area (Å²) in [6.07, 6.45) is 1.41. The average molecular weight is 286 g/mol. The Bertz CT molecular complexity index is 600. The Hall–Kier alpha value is -1.97. The minimum atomic E-state index is -0.741. The van der Waals surface area contributed by atoms with Crippen molar-refractivity contribution in [3.05, 3.63) is 36.2 Å². The smallest absolute Gasteiger partial charge is 0.240 e. The van der Waals surface area contributed by atoms with Gasteiger partial charge in [0.05, 0.1) is 0 Å². The summed E-state index contributed by atoms with van der Waals surface area (Å²) in [6.45, 7) is 7.91. The molecule has 0 aliphatic heterocycles. The zero-order chi connectivity index (χ0) is 15.5. The Morgan fingerprint density at radius 1 is 1.24 bits per heavy atom. The van der Waals surface area contributed by atoms with E-state index >= 15 is 0 Å². The van der Waals surface area contributed by atoms with Crippen LogP contribution in [0.15, 0.2) is 34.9 Å². The van der Waals surface area contributed by atoms with Crippen molar-refractivity contribution in [2.24, 2.45) is 5.92 Å². The fourth-order valence-corrected chi connectivity index (χ4v) is 2.03. The van der Waals surface area contributed by atoms with E-state index in [9.17, 15) is 4.79 Å². The molecule has 0 fully saturated rings. The van der Waals surface area contributed by atoms with Crippen molar-refractivity contribution in [1.29, 1.82) is 0 Å². The van der Waals surface area contributed by atoms with Crippen LogP contribution < -0.4 is 0 Å². The molecule has 2 aromatic rings. The van der Waals surface area contributed by atoms with Gasteiger partial charge < -0.3 is 4.52 Å². The predicted molar refractivity (Wildman–Crippen MR) is 81.8 cm³/mol. The first-order chi connectivity index (χ1) is 9.91. The molecular formula is C17H22N2O2. The number of Topliss-reactive ketones (excluding diaryl/α,β-unsaturated/α-hetero) is 1. The summed E-state index contributed by atoms with van der Waals surface area (Å²) in [5.74, 6) is 1.55. The lowest BCUT2D eigenvalue weighted by Crippen LogP contribution is -2.29. The Labute approximate surface area is 125 Å². The summed E-state index contributed by atoms with van der Waals surface area (Å²) < 4.78 is 5.33. The van der Waals surface area contributed by atoms with Crippen LogP contribution in [0.5, 0.6) is 0 Å². The van der Waals surface area contributed by atoms with Crippen LogP contribution in [0.3, 0.4) is 0 Å². The number of aromatic nitrogens is 2. The molecule has 4 heteroatoms. The predicted octanol–water partition coefficient (Wildman–Crippen LogP) is 4.02. The maximum absolute atomic E-state index is 12.4. The molecule has 0 saturated carbocycles. The van der Waals surface area contributed by atoms with Crippen molar-refractivity contribution in [2.75, 3.05) is 0 Å².